The van der Waals surface area contributed by atoms with Gasteiger partial charge in [0.15, 0.2) is 0 Å². The largest absolute Gasteiger partial charge is 0.393 e. The predicted molar refractivity (Wildman–Crippen MR) is 52.3 cm³/mol. The van der Waals surface area contributed by atoms with Crippen molar-refractivity contribution in [2.75, 3.05) is 6.54 Å². The summed E-state index contributed by atoms with van der Waals surface area (Å²) in [6.07, 6.45) is 0.554. The van der Waals surface area contributed by atoms with Crippen LogP contribution in [0.25, 0.3) is 0 Å². The number of hydrogen-bond acceptors (Lipinski definition) is 2. The highest BCUT2D eigenvalue weighted by molar-refractivity contribution is 5.31. The third kappa shape index (κ3) is 1.75. The van der Waals surface area contributed by atoms with E-state index < -0.39 is 23.2 Å². The number of aliphatic hydroxyl groups is 1. The average molecular weight is 213 g/mol. The van der Waals surface area contributed by atoms with Crippen LogP contribution in [0.2, 0.25) is 0 Å². The smallest absolute Gasteiger partial charge is 0.126 e. The molecule has 15 heavy (non-hydrogen) atoms. The Hall–Kier alpha value is -1.00. The fourth-order valence-corrected chi connectivity index (χ4v) is 2.22. The molecule has 0 atom stereocenters. The Morgan fingerprint density at radius 3 is 2.20 bits per heavy atom. The number of rotatable bonds is 2. The van der Waals surface area contributed by atoms with Crippen LogP contribution in [0.3, 0.4) is 0 Å². The van der Waals surface area contributed by atoms with Crippen molar-refractivity contribution in [3.63, 3.8) is 0 Å². The molecule has 82 valence electrons. The predicted octanol–water partition coefficient (Wildman–Crippen LogP) is 1.32. The second-order valence-corrected chi connectivity index (χ2v) is 4.20. The highest BCUT2D eigenvalue weighted by atomic mass is 19.1. The maximum atomic E-state index is 13.0. The second-order valence-electron chi connectivity index (χ2n) is 4.20. The van der Waals surface area contributed by atoms with E-state index in [9.17, 15) is 13.9 Å². The zero-order valence-electron chi connectivity index (χ0n) is 8.21. The molecule has 0 bridgehead atoms. The normalized spacial score (nSPS) is 30.0. The Bertz CT molecular complexity index is 355. The molecule has 0 radical (unpaired) electrons. The highest BCUT2D eigenvalue weighted by Crippen LogP contribution is 2.43. The van der Waals surface area contributed by atoms with Gasteiger partial charge in [-0.3, -0.25) is 0 Å². The van der Waals surface area contributed by atoms with Gasteiger partial charge in [0.25, 0.3) is 0 Å². The first-order valence-electron chi connectivity index (χ1n) is 4.90. The monoisotopic (exact) mass is 213 g/mol. The van der Waals surface area contributed by atoms with Crippen LogP contribution in [-0.2, 0) is 5.41 Å². The average Bonchev–Trinajstić information content (AvgIpc) is 2.10. The Kier molecular flexibility index (Phi) is 2.48. The minimum absolute atomic E-state index is 0.299. The maximum absolute atomic E-state index is 13.0. The molecule has 0 heterocycles. The summed E-state index contributed by atoms with van der Waals surface area (Å²) in [5, 5.41) is 9.27. The minimum atomic E-state index is -0.598. The van der Waals surface area contributed by atoms with Crippen molar-refractivity contribution >= 4 is 0 Å². The molecule has 4 heteroatoms. The summed E-state index contributed by atoms with van der Waals surface area (Å²) in [7, 11) is 0. The maximum Gasteiger partial charge on any atom is 0.126 e. The van der Waals surface area contributed by atoms with Gasteiger partial charge >= 0.3 is 0 Å². The van der Waals surface area contributed by atoms with Gasteiger partial charge in [0, 0.05) is 18.0 Å². The van der Waals surface area contributed by atoms with Gasteiger partial charge < -0.3 is 10.8 Å². The summed E-state index contributed by atoms with van der Waals surface area (Å²) in [5.41, 5.74) is 5.71. The van der Waals surface area contributed by atoms with E-state index in [0.717, 1.165) is 6.07 Å². The number of hydrogen-bond donors (Lipinski definition) is 2. The molecule has 0 amide bonds. The van der Waals surface area contributed by atoms with Crippen molar-refractivity contribution in [2.45, 2.75) is 24.4 Å². The van der Waals surface area contributed by atoms with Gasteiger partial charge in [-0.25, -0.2) is 8.78 Å². The summed E-state index contributed by atoms with van der Waals surface area (Å²) in [4.78, 5) is 0. The van der Waals surface area contributed by atoms with Crippen LogP contribution in [0.5, 0.6) is 0 Å². The number of nitrogens with two attached hydrogens (primary N) is 1. The van der Waals surface area contributed by atoms with Crippen LogP contribution in [0.1, 0.15) is 18.4 Å². The van der Waals surface area contributed by atoms with Crippen LogP contribution in [-0.4, -0.2) is 17.8 Å². The van der Waals surface area contributed by atoms with Gasteiger partial charge in [-0.15, -0.1) is 0 Å². The van der Waals surface area contributed by atoms with E-state index in [-0.39, 0.29) is 0 Å². The Morgan fingerprint density at radius 2 is 1.80 bits per heavy atom. The zero-order chi connectivity index (χ0) is 11.1. The first-order valence-corrected chi connectivity index (χ1v) is 4.90. The van der Waals surface area contributed by atoms with Gasteiger partial charge in [-0.2, -0.15) is 0 Å². The van der Waals surface area contributed by atoms with E-state index in [4.69, 9.17) is 5.73 Å². The van der Waals surface area contributed by atoms with Crippen LogP contribution < -0.4 is 5.73 Å². The molecule has 0 spiro atoms. The van der Waals surface area contributed by atoms with Crippen molar-refractivity contribution in [1.82, 2.24) is 0 Å². The summed E-state index contributed by atoms with van der Waals surface area (Å²) in [5.74, 6) is -1.20. The molecule has 1 aromatic carbocycles. The first-order chi connectivity index (χ1) is 7.05. The van der Waals surface area contributed by atoms with Crippen molar-refractivity contribution in [1.29, 1.82) is 0 Å². The summed E-state index contributed by atoms with van der Waals surface area (Å²) in [6.45, 7) is 0.299. The van der Waals surface area contributed by atoms with Crippen molar-refractivity contribution in [2.24, 2.45) is 5.73 Å². The van der Waals surface area contributed by atoms with Gasteiger partial charge in [0.05, 0.1) is 6.10 Å². The minimum Gasteiger partial charge on any atom is -0.393 e. The standard InChI is InChI=1S/C11H13F2NO/c12-8-1-7(2-9(13)3-8)11(6-14)4-10(15)5-11/h1-3,10,15H,4-6,14H2. The lowest BCUT2D eigenvalue weighted by Crippen LogP contribution is -2.49. The Balaban J connectivity index is 2.35. The zero-order valence-corrected chi connectivity index (χ0v) is 8.21. The van der Waals surface area contributed by atoms with Crippen LogP contribution in [0, 0.1) is 11.6 Å². The quantitative estimate of drug-likeness (QED) is 0.778. The molecule has 0 unspecified atom stereocenters. The van der Waals surface area contributed by atoms with Crippen molar-refractivity contribution in [3.05, 3.63) is 35.4 Å². The van der Waals surface area contributed by atoms with Crippen molar-refractivity contribution < 1.29 is 13.9 Å². The lowest BCUT2D eigenvalue weighted by atomic mass is 9.63. The van der Waals surface area contributed by atoms with E-state index in [1.54, 1.807) is 0 Å². The third-order valence-electron chi connectivity index (χ3n) is 3.12. The molecule has 1 aliphatic carbocycles. The van der Waals surface area contributed by atoms with Gasteiger partial charge in [-0.05, 0) is 30.5 Å². The SMILES string of the molecule is NCC1(c2cc(F)cc(F)c2)CC(O)C1. The third-order valence-corrected chi connectivity index (χ3v) is 3.12. The van der Waals surface area contributed by atoms with Crippen molar-refractivity contribution in [3.8, 4) is 0 Å². The lowest BCUT2D eigenvalue weighted by Gasteiger charge is -2.45. The van der Waals surface area contributed by atoms with Gasteiger partial charge in [0.2, 0.25) is 0 Å². The summed E-state index contributed by atoms with van der Waals surface area (Å²) >= 11 is 0. The number of benzene rings is 1. The number of halogens is 2. The second kappa shape index (κ2) is 3.54. The highest BCUT2D eigenvalue weighted by Gasteiger charge is 2.44. The summed E-state index contributed by atoms with van der Waals surface area (Å²) in [6, 6.07) is 3.42. The molecule has 0 aromatic heterocycles. The van der Waals surface area contributed by atoms with Gasteiger partial charge in [0.1, 0.15) is 11.6 Å². The fourth-order valence-electron chi connectivity index (χ4n) is 2.22. The molecule has 0 aliphatic heterocycles. The van der Waals surface area contributed by atoms with E-state index in [2.05, 4.69) is 0 Å². The molecular weight excluding hydrogens is 200 g/mol. The first kappa shape index (κ1) is 10.5. The van der Waals surface area contributed by atoms with Gasteiger partial charge in [-0.1, -0.05) is 0 Å². The molecule has 1 saturated carbocycles. The van der Waals surface area contributed by atoms with Crippen LogP contribution in [0.15, 0.2) is 18.2 Å². The molecule has 0 saturated heterocycles. The van der Waals surface area contributed by atoms with E-state index in [1.165, 1.54) is 12.1 Å². The molecule has 2 nitrogen and oxygen atoms in total. The molecule has 1 aromatic rings. The van der Waals surface area contributed by atoms with E-state index >= 15 is 0 Å². The Morgan fingerprint density at radius 1 is 1.27 bits per heavy atom. The molecular formula is C11H13F2NO. The van der Waals surface area contributed by atoms with Crippen LogP contribution >= 0.6 is 0 Å². The lowest BCUT2D eigenvalue weighted by molar-refractivity contribution is 0.0219. The number of aliphatic hydroxyl groups excluding tert-OH is 1. The Labute approximate surface area is 86.7 Å². The van der Waals surface area contributed by atoms with Crippen LogP contribution in [0.4, 0.5) is 8.78 Å². The molecule has 1 fully saturated rings. The molecule has 3 N–H and O–H groups in total. The van der Waals surface area contributed by atoms with E-state index in [0.29, 0.717) is 24.9 Å². The molecule has 1 aliphatic rings. The van der Waals surface area contributed by atoms with E-state index in [1.807, 2.05) is 0 Å². The summed E-state index contributed by atoms with van der Waals surface area (Å²) < 4.78 is 26.0. The molecule has 2 rings (SSSR count). The topological polar surface area (TPSA) is 46.2 Å². The fraction of sp³-hybridized carbons (Fsp3) is 0.455.